The zero-order valence-corrected chi connectivity index (χ0v) is 35.3. The third-order valence-electron chi connectivity index (χ3n) is 14.2. The van der Waals surface area contributed by atoms with E-state index >= 15 is 0 Å². The van der Waals surface area contributed by atoms with Gasteiger partial charge in [-0.15, -0.1) is 0 Å². The number of phenols is 1. The molecule has 11 atom stereocenters. The largest absolute Gasteiger partial charge is 0.506 e. The highest BCUT2D eigenvalue weighted by Gasteiger charge is 2.75. The molecule has 326 valence electrons. The average Bonchev–Trinajstić information content (AvgIpc) is 3.69. The topological polar surface area (TPSA) is 230 Å². The third-order valence-corrected chi connectivity index (χ3v) is 14.6. The molecule has 4 fully saturated rings. The van der Waals surface area contributed by atoms with Crippen LogP contribution >= 0.6 is 7.82 Å². The van der Waals surface area contributed by atoms with Crippen molar-refractivity contribution >= 4 is 31.5 Å². The average molecular weight is 853 g/mol. The van der Waals surface area contributed by atoms with Gasteiger partial charge in [0.1, 0.15) is 18.1 Å². The van der Waals surface area contributed by atoms with Crippen LogP contribution in [0.15, 0.2) is 60.2 Å². The number of Topliss-reactive ketones (excluding diaryl/α,β-unsaturated/α-hetero) is 1. The number of amides is 1. The lowest BCUT2D eigenvalue weighted by Crippen LogP contribution is -2.63. The lowest BCUT2D eigenvalue weighted by atomic mass is 9.46. The maximum atomic E-state index is 14.4. The lowest BCUT2D eigenvalue weighted by Gasteiger charge is -2.59. The van der Waals surface area contributed by atoms with Crippen molar-refractivity contribution < 1.29 is 62.8 Å². The van der Waals surface area contributed by atoms with Gasteiger partial charge in [-0.05, 0) is 123 Å². The number of allylic oxidation sites excluding steroid dienone is 4. The van der Waals surface area contributed by atoms with Crippen molar-refractivity contribution in [2.24, 2.45) is 28.6 Å². The second kappa shape index (κ2) is 17.2. The van der Waals surface area contributed by atoms with Gasteiger partial charge in [-0.1, -0.05) is 37.6 Å². The Kier molecular flexibility index (Phi) is 12.7. The van der Waals surface area contributed by atoms with Crippen molar-refractivity contribution in [1.82, 2.24) is 5.32 Å². The minimum atomic E-state index is -5.00. The van der Waals surface area contributed by atoms with Crippen LogP contribution in [0.2, 0.25) is 0 Å². The number of ether oxygens (including phenoxy) is 3. The van der Waals surface area contributed by atoms with Crippen LogP contribution in [0.25, 0.3) is 0 Å². The van der Waals surface area contributed by atoms with E-state index in [9.17, 15) is 44.1 Å². The number of carbonyl (C=O) groups excluding carboxylic acids is 3. The summed E-state index contributed by atoms with van der Waals surface area (Å²) in [5.74, 6) is -0.439. The van der Waals surface area contributed by atoms with E-state index in [-0.39, 0.29) is 54.0 Å². The summed E-state index contributed by atoms with van der Waals surface area (Å²) in [6.45, 7) is 5.37. The Hall–Kier alpha value is -3.76. The molecular formula is C44H57N2O13P. The summed E-state index contributed by atoms with van der Waals surface area (Å²) in [5.41, 5.74) is 0.764. The molecule has 16 heteroatoms. The molecule has 0 spiro atoms. The number of phosphoric ester groups is 1. The van der Waals surface area contributed by atoms with Gasteiger partial charge < -0.3 is 50.0 Å². The summed E-state index contributed by atoms with van der Waals surface area (Å²) in [6.07, 6.45) is 6.66. The number of fused-ring (bicyclic) bond motifs is 7. The fourth-order valence-corrected chi connectivity index (χ4v) is 11.7. The second-order valence-electron chi connectivity index (χ2n) is 17.6. The second-order valence-corrected chi connectivity index (χ2v) is 18.9. The van der Waals surface area contributed by atoms with Gasteiger partial charge in [0.25, 0.3) is 0 Å². The molecule has 11 unspecified atom stereocenters. The SMILES string of the molecule is COc1ccc(CC(C)NCC(O)c2ccc(O)c(NC=O)c2)c(CCCC2OC3CC4C5CCC6=CC(=O)C=CC6(C)C5C(O)CC4(C)C3(C(=O)COP(=O)(O)O)O2)c1. The van der Waals surface area contributed by atoms with E-state index in [1.807, 2.05) is 38.1 Å². The van der Waals surface area contributed by atoms with Crippen LogP contribution in [0.1, 0.15) is 82.1 Å². The van der Waals surface area contributed by atoms with Gasteiger partial charge in [-0.3, -0.25) is 18.9 Å². The minimum Gasteiger partial charge on any atom is -0.506 e. The number of aliphatic hydroxyl groups excluding tert-OH is 2. The molecule has 4 aliphatic carbocycles. The number of aliphatic hydroxyl groups is 2. The molecule has 0 radical (unpaired) electrons. The van der Waals surface area contributed by atoms with Gasteiger partial charge in [-0.2, -0.15) is 0 Å². The van der Waals surface area contributed by atoms with Crippen LogP contribution in [0, 0.1) is 28.6 Å². The number of hydrogen-bond donors (Lipinski definition) is 7. The van der Waals surface area contributed by atoms with Gasteiger partial charge in [0.2, 0.25) is 6.41 Å². The quantitative estimate of drug-likeness (QED) is 0.0656. The number of anilines is 1. The normalized spacial score (nSPS) is 32.9. The first-order valence-electron chi connectivity index (χ1n) is 20.7. The molecule has 0 aromatic heterocycles. The third kappa shape index (κ3) is 8.28. The Labute approximate surface area is 349 Å². The van der Waals surface area contributed by atoms with Crippen LogP contribution in [0.4, 0.5) is 5.69 Å². The number of benzene rings is 2. The Bertz CT molecular complexity index is 2090. The molecule has 1 heterocycles. The van der Waals surface area contributed by atoms with Crippen LogP contribution in [-0.4, -0.2) is 93.5 Å². The standard InChI is InChI=1S/C44H57N2O13P/c1-25(45-22-37(51)28-9-13-35(49)34(18-28)46-24-47)16-27-8-11-31(56-4)17-26(27)6-5-7-40-58-39-20-33-32-12-10-29-19-30(48)14-15-42(29,2)41(32)36(50)21-43(33,3)44(39,59-40)38(52)23-57-60(53,54)55/h8-9,11,13-15,17-19,24-25,32-33,36-37,39-41,45,49-51H,5-7,10,12,16,20-23H2,1-4H3,(H,46,47)(H2,53,54,55). The maximum Gasteiger partial charge on any atom is 0.470 e. The molecule has 60 heavy (non-hydrogen) atoms. The van der Waals surface area contributed by atoms with Crippen molar-refractivity contribution in [3.8, 4) is 11.5 Å². The summed E-state index contributed by atoms with van der Waals surface area (Å²) in [4.78, 5) is 56.7. The number of phosphoric acid groups is 1. The predicted octanol–water partition coefficient (Wildman–Crippen LogP) is 4.59. The van der Waals surface area contributed by atoms with Crippen LogP contribution in [0.3, 0.4) is 0 Å². The van der Waals surface area contributed by atoms with E-state index in [1.54, 1.807) is 25.3 Å². The fraction of sp³-hybridized carbons (Fsp3) is 0.568. The Balaban J connectivity index is 1.04. The van der Waals surface area contributed by atoms with Crippen molar-refractivity contribution in [2.45, 2.75) is 108 Å². The lowest BCUT2D eigenvalue weighted by molar-refractivity contribution is -0.200. The van der Waals surface area contributed by atoms with E-state index in [0.717, 1.165) is 16.7 Å². The zero-order chi connectivity index (χ0) is 43.2. The number of nitrogens with one attached hydrogen (secondary N) is 2. The van der Waals surface area contributed by atoms with Crippen LogP contribution < -0.4 is 15.4 Å². The number of hydrogen-bond acceptors (Lipinski definition) is 12. The number of phenolic OH excluding ortho intramolecular Hbond substituents is 1. The minimum absolute atomic E-state index is 0.0274. The van der Waals surface area contributed by atoms with E-state index in [2.05, 4.69) is 17.6 Å². The van der Waals surface area contributed by atoms with Crippen molar-refractivity contribution in [1.29, 1.82) is 0 Å². The van der Waals surface area contributed by atoms with Crippen molar-refractivity contribution in [2.75, 3.05) is 25.6 Å². The van der Waals surface area contributed by atoms with E-state index < -0.39 is 61.2 Å². The van der Waals surface area contributed by atoms with Crippen LogP contribution in [-0.2, 0) is 45.8 Å². The molecule has 1 aliphatic heterocycles. The predicted molar refractivity (Wildman–Crippen MR) is 219 cm³/mol. The number of rotatable bonds is 17. The molecule has 2 aromatic carbocycles. The highest BCUT2D eigenvalue weighted by molar-refractivity contribution is 7.46. The first kappa shape index (κ1) is 44.3. The maximum absolute atomic E-state index is 14.4. The molecule has 5 aliphatic rings. The van der Waals surface area contributed by atoms with E-state index in [4.69, 9.17) is 18.7 Å². The first-order chi connectivity index (χ1) is 28.4. The Morgan fingerprint density at radius 3 is 2.67 bits per heavy atom. The molecule has 3 saturated carbocycles. The molecule has 2 aromatic rings. The first-order valence-corrected chi connectivity index (χ1v) is 22.2. The number of aryl methyl sites for hydroxylation is 1. The number of ketones is 2. The summed E-state index contributed by atoms with van der Waals surface area (Å²) >= 11 is 0. The van der Waals surface area contributed by atoms with Gasteiger partial charge in [0, 0.05) is 29.3 Å². The van der Waals surface area contributed by atoms with Crippen molar-refractivity contribution in [3.05, 3.63) is 76.9 Å². The molecule has 1 saturated heterocycles. The summed E-state index contributed by atoms with van der Waals surface area (Å²) in [5, 5.41) is 38.6. The van der Waals surface area contributed by atoms with Crippen molar-refractivity contribution in [3.63, 3.8) is 0 Å². The van der Waals surface area contributed by atoms with Gasteiger partial charge >= 0.3 is 7.82 Å². The molecule has 1 amide bonds. The number of carbonyl (C=O) groups is 3. The van der Waals surface area contributed by atoms with E-state index in [1.165, 1.54) is 12.1 Å². The highest BCUT2D eigenvalue weighted by Crippen LogP contribution is 2.70. The zero-order valence-electron chi connectivity index (χ0n) is 34.4. The summed E-state index contributed by atoms with van der Waals surface area (Å²) in [7, 11) is -3.40. The Morgan fingerprint density at radius 2 is 1.93 bits per heavy atom. The molecule has 0 bridgehead atoms. The fourth-order valence-electron chi connectivity index (χ4n) is 11.4. The van der Waals surface area contributed by atoms with Gasteiger partial charge in [0.15, 0.2) is 23.5 Å². The molecular weight excluding hydrogens is 795 g/mol. The smallest absolute Gasteiger partial charge is 0.470 e. The van der Waals surface area contributed by atoms with Gasteiger partial charge in [0.05, 0.1) is 31.1 Å². The van der Waals surface area contributed by atoms with Gasteiger partial charge in [-0.25, -0.2) is 4.57 Å². The molecule has 15 nitrogen and oxygen atoms in total. The summed E-state index contributed by atoms with van der Waals surface area (Å²) < 4.78 is 35.5. The number of methoxy groups -OCH3 is 1. The molecule has 7 rings (SSSR count). The highest BCUT2D eigenvalue weighted by atomic mass is 31.2. The Morgan fingerprint density at radius 1 is 1.15 bits per heavy atom. The monoisotopic (exact) mass is 852 g/mol. The number of aromatic hydroxyl groups is 1. The van der Waals surface area contributed by atoms with E-state index in [0.29, 0.717) is 62.7 Å². The molecule has 7 N–H and O–H groups in total. The summed E-state index contributed by atoms with van der Waals surface area (Å²) in [6, 6.07) is 10.4. The van der Waals surface area contributed by atoms with Crippen LogP contribution in [0.5, 0.6) is 11.5 Å².